The maximum atomic E-state index is 12.8. The molecule has 1 aliphatic heterocycles. The van der Waals surface area contributed by atoms with Crippen molar-refractivity contribution >= 4 is 17.1 Å². The van der Waals surface area contributed by atoms with E-state index >= 15 is 0 Å². The van der Waals surface area contributed by atoms with Gasteiger partial charge in [0.1, 0.15) is 0 Å². The van der Waals surface area contributed by atoms with Crippen LogP contribution in [-0.4, -0.2) is 36.5 Å². The van der Waals surface area contributed by atoms with Crippen LogP contribution in [0.2, 0.25) is 0 Å². The van der Waals surface area contributed by atoms with Crippen LogP contribution in [0.3, 0.4) is 0 Å². The first-order chi connectivity index (χ1) is 12.3. The molecule has 7 heteroatoms. The largest absolute Gasteiger partial charge is 0.416 e. The van der Waals surface area contributed by atoms with Crippen molar-refractivity contribution in [3.8, 4) is 0 Å². The molecule has 3 nitrogen and oxygen atoms in total. The van der Waals surface area contributed by atoms with E-state index in [9.17, 15) is 18.0 Å². The summed E-state index contributed by atoms with van der Waals surface area (Å²) in [6.07, 6.45) is -4.02. The number of rotatable bonds is 5. The van der Waals surface area contributed by atoms with Crippen LogP contribution in [0.1, 0.15) is 33.3 Å². The Bertz CT molecular complexity index is 772. The van der Waals surface area contributed by atoms with Crippen molar-refractivity contribution in [1.29, 1.82) is 0 Å². The molecule has 1 aliphatic rings. The van der Waals surface area contributed by atoms with Crippen LogP contribution < -0.4 is 0 Å². The van der Waals surface area contributed by atoms with Gasteiger partial charge in [0, 0.05) is 19.6 Å². The molecular weight excluding hydrogens is 363 g/mol. The molecule has 0 N–H and O–H groups in total. The van der Waals surface area contributed by atoms with E-state index in [1.165, 1.54) is 23.5 Å². The molecule has 140 valence electrons. The van der Waals surface area contributed by atoms with Gasteiger partial charge in [-0.25, -0.2) is 0 Å². The van der Waals surface area contributed by atoms with E-state index in [4.69, 9.17) is 4.74 Å². The first kappa shape index (κ1) is 19.1. The number of hydrogen-bond acceptors (Lipinski definition) is 4. The minimum absolute atomic E-state index is 0.0608. The predicted molar refractivity (Wildman–Crippen MR) is 94.5 cm³/mol. The fraction of sp³-hybridized carbons (Fsp3) is 0.421. The number of halogens is 3. The molecule has 0 saturated carbocycles. The quantitative estimate of drug-likeness (QED) is 0.716. The summed E-state index contributed by atoms with van der Waals surface area (Å²) in [4.78, 5) is 14.4. The van der Waals surface area contributed by atoms with Gasteiger partial charge in [0.05, 0.1) is 23.2 Å². The number of hydrogen-bond donors (Lipinski definition) is 0. The number of alkyl halides is 3. The van der Waals surface area contributed by atoms with Crippen LogP contribution in [-0.2, 0) is 23.9 Å². The van der Waals surface area contributed by atoms with Crippen molar-refractivity contribution in [2.45, 2.75) is 32.2 Å². The van der Waals surface area contributed by atoms with Crippen LogP contribution in [0.4, 0.5) is 13.2 Å². The molecule has 1 aromatic heterocycles. The number of morpholine rings is 1. The van der Waals surface area contributed by atoms with Crippen molar-refractivity contribution < 1.29 is 22.7 Å². The van der Waals surface area contributed by atoms with Gasteiger partial charge < -0.3 is 4.74 Å². The van der Waals surface area contributed by atoms with Gasteiger partial charge in [-0.3, -0.25) is 9.69 Å². The molecule has 2 heterocycles. The highest BCUT2D eigenvalue weighted by atomic mass is 32.1. The third-order valence-corrected chi connectivity index (χ3v) is 5.43. The van der Waals surface area contributed by atoms with Crippen molar-refractivity contribution in [1.82, 2.24) is 4.90 Å². The summed E-state index contributed by atoms with van der Waals surface area (Å²) in [5.74, 6) is 0.0608. The van der Waals surface area contributed by atoms with Crippen molar-refractivity contribution in [2.24, 2.45) is 0 Å². The number of ketones is 1. The average Bonchev–Trinajstić information content (AvgIpc) is 3.03. The second-order valence-electron chi connectivity index (χ2n) is 6.51. The number of benzene rings is 1. The molecule has 0 spiro atoms. The predicted octanol–water partition coefficient (Wildman–Crippen LogP) is 4.41. The number of ether oxygens (including phenoxy) is 1. The second-order valence-corrected chi connectivity index (χ2v) is 7.42. The van der Waals surface area contributed by atoms with Gasteiger partial charge in [0.2, 0.25) is 0 Å². The van der Waals surface area contributed by atoms with Crippen LogP contribution in [0.15, 0.2) is 35.7 Å². The van der Waals surface area contributed by atoms with Gasteiger partial charge in [0.15, 0.2) is 5.78 Å². The molecule has 0 amide bonds. The Morgan fingerprint density at radius 2 is 2.12 bits per heavy atom. The number of carbonyl (C=O) groups is 1. The molecule has 26 heavy (non-hydrogen) atoms. The molecule has 0 bridgehead atoms. The summed E-state index contributed by atoms with van der Waals surface area (Å²) in [6.45, 7) is 4.24. The topological polar surface area (TPSA) is 29.5 Å². The van der Waals surface area contributed by atoms with Gasteiger partial charge in [-0.1, -0.05) is 18.2 Å². The van der Waals surface area contributed by atoms with E-state index in [1.807, 2.05) is 11.4 Å². The third-order valence-electron chi connectivity index (χ3n) is 4.35. The minimum Gasteiger partial charge on any atom is -0.375 e. The van der Waals surface area contributed by atoms with Crippen LogP contribution in [0.25, 0.3) is 0 Å². The molecule has 1 aromatic carbocycles. The standard InChI is InChI=1S/C19H20F3NO2S/c1-13(24)18-9-15(12-26-18)10-23-5-6-25-17(11-23)8-14-3-2-4-16(7-14)19(20,21)22/h2-4,7,9,12,17H,5-6,8,10-11H2,1H3/t17-/m1/s1. The number of thiophene rings is 1. The van der Waals surface area contributed by atoms with Gasteiger partial charge in [-0.15, -0.1) is 11.3 Å². The smallest absolute Gasteiger partial charge is 0.375 e. The lowest BCUT2D eigenvalue weighted by atomic mass is 10.0. The summed E-state index contributed by atoms with van der Waals surface area (Å²) < 4.78 is 44.3. The molecular formula is C19H20F3NO2S. The summed E-state index contributed by atoms with van der Waals surface area (Å²) in [7, 11) is 0. The summed E-state index contributed by atoms with van der Waals surface area (Å²) >= 11 is 1.44. The van der Waals surface area contributed by atoms with E-state index in [2.05, 4.69) is 4.90 Å². The number of nitrogens with zero attached hydrogens (tertiary/aromatic N) is 1. The molecule has 0 aliphatic carbocycles. The number of carbonyl (C=O) groups excluding carboxylic acids is 1. The SMILES string of the molecule is CC(=O)c1cc(CN2CCO[C@H](Cc3cccc(C(F)(F)F)c3)C2)cs1. The van der Waals surface area contributed by atoms with Crippen LogP contribution >= 0.6 is 11.3 Å². The molecule has 1 fully saturated rings. The Hall–Kier alpha value is -1.70. The fourth-order valence-corrected chi connectivity index (χ4v) is 3.89. The van der Waals surface area contributed by atoms with Crippen molar-refractivity contribution in [2.75, 3.05) is 19.7 Å². The number of Topliss-reactive ketones (excluding diaryl/α,β-unsaturated/α-hetero) is 1. The van der Waals surface area contributed by atoms with E-state index in [0.717, 1.165) is 23.1 Å². The molecule has 1 atom stereocenters. The highest BCUT2D eigenvalue weighted by Crippen LogP contribution is 2.30. The van der Waals surface area contributed by atoms with E-state index in [1.54, 1.807) is 13.0 Å². The monoisotopic (exact) mass is 383 g/mol. The lowest BCUT2D eigenvalue weighted by Crippen LogP contribution is -2.42. The first-order valence-corrected chi connectivity index (χ1v) is 9.27. The Morgan fingerprint density at radius 3 is 2.81 bits per heavy atom. The average molecular weight is 383 g/mol. The highest BCUT2D eigenvalue weighted by Gasteiger charge is 2.30. The lowest BCUT2D eigenvalue weighted by molar-refractivity contribution is -0.137. The lowest BCUT2D eigenvalue weighted by Gasteiger charge is -2.33. The van der Waals surface area contributed by atoms with Gasteiger partial charge in [0.25, 0.3) is 0 Å². The normalized spacial score (nSPS) is 18.8. The van der Waals surface area contributed by atoms with E-state index in [-0.39, 0.29) is 11.9 Å². The summed E-state index contributed by atoms with van der Waals surface area (Å²) in [5.41, 5.74) is 1.08. The Labute approximate surface area is 154 Å². The molecule has 0 radical (unpaired) electrons. The Balaban J connectivity index is 1.60. The zero-order valence-electron chi connectivity index (χ0n) is 14.4. The third kappa shape index (κ3) is 4.93. The van der Waals surface area contributed by atoms with Crippen molar-refractivity contribution in [3.05, 3.63) is 57.3 Å². The van der Waals surface area contributed by atoms with Gasteiger partial charge in [-0.05, 0) is 42.0 Å². The Kier molecular flexibility index (Phi) is 5.79. The fourth-order valence-electron chi connectivity index (χ4n) is 3.09. The van der Waals surface area contributed by atoms with Gasteiger partial charge in [-0.2, -0.15) is 13.2 Å². The van der Waals surface area contributed by atoms with E-state index < -0.39 is 11.7 Å². The highest BCUT2D eigenvalue weighted by molar-refractivity contribution is 7.12. The molecule has 0 unspecified atom stereocenters. The molecule has 2 aromatic rings. The summed E-state index contributed by atoms with van der Waals surface area (Å²) in [6, 6.07) is 7.33. The molecule has 1 saturated heterocycles. The van der Waals surface area contributed by atoms with Crippen LogP contribution in [0.5, 0.6) is 0 Å². The maximum Gasteiger partial charge on any atom is 0.416 e. The Morgan fingerprint density at radius 1 is 1.31 bits per heavy atom. The zero-order valence-corrected chi connectivity index (χ0v) is 15.2. The summed E-state index contributed by atoms with van der Waals surface area (Å²) in [5, 5.41) is 1.98. The molecule has 3 rings (SSSR count). The van der Waals surface area contributed by atoms with Crippen molar-refractivity contribution in [3.63, 3.8) is 0 Å². The minimum atomic E-state index is -4.33. The van der Waals surface area contributed by atoms with Gasteiger partial charge >= 0.3 is 6.18 Å². The first-order valence-electron chi connectivity index (χ1n) is 8.39. The van der Waals surface area contributed by atoms with E-state index in [0.29, 0.717) is 31.7 Å². The zero-order chi connectivity index (χ0) is 18.7. The van der Waals surface area contributed by atoms with Crippen LogP contribution in [0, 0.1) is 0 Å². The maximum absolute atomic E-state index is 12.8. The second kappa shape index (κ2) is 7.90.